The number of aryl methyl sites for hydroxylation is 1. The van der Waals surface area contributed by atoms with Crippen molar-refractivity contribution in [2.45, 2.75) is 29.8 Å². The summed E-state index contributed by atoms with van der Waals surface area (Å²) < 4.78 is 51.9. The van der Waals surface area contributed by atoms with E-state index in [1.807, 2.05) is 30.1 Å². The first-order valence-electron chi connectivity index (χ1n) is 12.8. The first-order valence-corrected chi connectivity index (χ1v) is 13.8. The topological polar surface area (TPSA) is 99.5 Å². The fraction of sp³-hybridized carbons (Fsp3) is 0.321. The molecule has 1 fully saturated rings. The molecule has 0 spiro atoms. The lowest BCUT2D eigenvalue weighted by Crippen LogP contribution is -2.66. The van der Waals surface area contributed by atoms with Crippen LogP contribution in [0.4, 0.5) is 13.6 Å². The Kier molecular flexibility index (Phi) is 7.08. The number of aromatic nitrogens is 1. The van der Waals surface area contributed by atoms with Crippen molar-refractivity contribution in [3.63, 3.8) is 0 Å². The average molecular weight is 586 g/mol. The monoisotopic (exact) mass is 585 g/mol. The number of halogens is 2. The second kappa shape index (κ2) is 10.7. The van der Waals surface area contributed by atoms with Gasteiger partial charge in [0.25, 0.3) is 5.91 Å². The number of ether oxygens (including phenoxy) is 4. The Labute approximate surface area is 237 Å². The van der Waals surface area contributed by atoms with Crippen LogP contribution >= 0.6 is 11.8 Å². The highest BCUT2D eigenvalue weighted by Gasteiger charge is 2.46. The molecule has 0 aliphatic carbocycles. The van der Waals surface area contributed by atoms with Gasteiger partial charge in [0.05, 0.1) is 26.4 Å². The summed E-state index contributed by atoms with van der Waals surface area (Å²) in [4.78, 5) is 40.7. The number of hydrogen-bond donors (Lipinski definition) is 0. The van der Waals surface area contributed by atoms with E-state index in [0.29, 0.717) is 5.56 Å². The van der Waals surface area contributed by atoms with E-state index in [2.05, 4.69) is 4.74 Å². The number of nitrogens with zero attached hydrogens (tertiary/aromatic N) is 3. The molecule has 3 aliphatic rings. The van der Waals surface area contributed by atoms with Crippen LogP contribution < -0.4 is 15.2 Å². The Balaban J connectivity index is 1.59. The SMILES string of the molecule is COC(=O)OCOc1c2n(ccc1=O)N([C@@H]1c3ccc(C)cc3SCc3c1ccc(F)c3F)[C@@H]1COCCN1C2=O. The van der Waals surface area contributed by atoms with Crippen LogP contribution in [-0.4, -0.2) is 61.5 Å². The van der Waals surface area contributed by atoms with Gasteiger partial charge in [-0.15, -0.1) is 11.8 Å². The van der Waals surface area contributed by atoms with Gasteiger partial charge in [0.2, 0.25) is 18.0 Å². The van der Waals surface area contributed by atoms with Crippen LogP contribution in [0.15, 0.2) is 52.3 Å². The minimum absolute atomic E-state index is 0.0983. The van der Waals surface area contributed by atoms with Gasteiger partial charge in [-0.3, -0.25) is 19.3 Å². The Morgan fingerprint density at radius 3 is 2.76 bits per heavy atom. The molecule has 0 unspecified atom stereocenters. The number of amides is 1. The van der Waals surface area contributed by atoms with Crippen LogP contribution in [0.2, 0.25) is 0 Å². The van der Waals surface area contributed by atoms with E-state index < -0.39 is 48.1 Å². The highest BCUT2D eigenvalue weighted by atomic mass is 32.2. The molecule has 1 amide bonds. The molecule has 0 N–H and O–H groups in total. The van der Waals surface area contributed by atoms with E-state index in [-0.39, 0.29) is 42.5 Å². The number of rotatable bonds is 4. The lowest BCUT2D eigenvalue weighted by atomic mass is 9.92. The van der Waals surface area contributed by atoms with Crippen molar-refractivity contribution in [1.82, 2.24) is 9.58 Å². The van der Waals surface area contributed by atoms with E-state index in [4.69, 9.17) is 14.2 Å². The van der Waals surface area contributed by atoms with Gasteiger partial charge in [-0.2, -0.15) is 0 Å². The zero-order chi connectivity index (χ0) is 28.8. The number of carbonyl (C=O) groups excluding carboxylic acids is 2. The molecular formula is C28H25F2N3O7S. The number of fused-ring (bicyclic) bond motifs is 4. The smallest absolute Gasteiger partial charge is 0.451 e. The van der Waals surface area contributed by atoms with E-state index in [1.54, 1.807) is 11.0 Å². The minimum Gasteiger partial charge on any atom is -0.451 e. The maximum atomic E-state index is 15.3. The summed E-state index contributed by atoms with van der Waals surface area (Å²) in [6, 6.07) is 9.03. The molecule has 0 saturated carbocycles. The molecular weight excluding hydrogens is 560 g/mol. The van der Waals surface area contributed by atoms with Crippen LogP contribution in [0, 0.1) is 18.6 Å². The largest absolute Gasteiger partial charge is 0.510 e. The van der Waals surface area contributed by atoms with Crippen molar-refractivity contribution < 1.29 is 37.3 Å². The van der Waals surface area contributed by atoms with E-state index >= 15 is 4.39 Å². The van der Waals surface area contributed by atoms with Crippen LogP contribution in [0.5, 0.6) is 5.75 Å². The number of thioether (sulfide) groups is 1. The fourth-order valence-electron chi connectivity index (χ4n) is 5.46. The van der Waals surface area contributed by atoms with Crippen molar-refractivity contribution in [2.24, 2.45) is 0 Å². The number of morpholine rings is 1. The predicted octanol–water partition coefficient (Wildman–Crippen LogP) is 3.70. The van der Waals surface area contributed by atoms with Crippen molar-refractivity contribution in [1.29, 1.82) is 0 Å². The maximum Gasteiger partial charge on any atom is 0.510 e. The average Bonchev–Trinajstić information content (AvgIpc) is 3.13. The van der Waals surface area contributed by atoms with Gasteiger partial charge in [-0.05, 0) is 35.7 Å². The first kappa shape index (κ1) is 27.1. The van der Waals surface area contributed by atoms with Crippen LogP contribution in [-0.2, 0) is 20.0 Å². The van der Waals surface area contributed by atoms with Crippen LogP contribution in [0.3, 0.4) is 0 Å². The van der Waals surface area contributed by atoms with Crippen molar-refractivity contribution in [3.05, 3.63) is 92.4 Å². The minimum atomic E-state index is -1.02. The first-order chi connectivity index (χ1) is 19.8. The Morgan fingerprint density at radius 2 is 1.95 bits per heavy atom. The van der Waals surface area contributed by atoms with Gasteiger partial charge in [0.15, 0.2) is 17.3 Å². The quantitative estimate of drug-likeness (QED) is 0.335. The third-order valence-corrected chi connectivity index (χ3v) is 8.43. The van der Waals surface area contributed by atoms with Gasteiger partial charge in [-0.25, -0.2) is 13.6 Å². The van der Waals surface area contributed by atoms with E-state index in [0.717, 1.165) is 29.2 Å². The molecule has 4 heterocycles. The van der Waals surface area contributed by atoms with Gasteiger partial charge in [0.1, 0.15) is 6.17 Å². The molecule has 10 nitrogen and oxygen atoms in total. The number of pyridine rings is 1. The second-order valence-corrected chi connectivity index (χ2v) is 10.7. The van der Waals surface area contributed by atoms with Gasteiger partial charge >= 0.3 is 6.16 Å². The molecule has 1 aromatic heterocycles. The number of carbonyl (C=O) groups is 2. The molecule has 0 radical (unpaired) electrons. The molecule has 214 valence electrons. The summed E-state index contributed by atoms with van der Waals surface area (Å²) in [6.07, 6.45) is -0.237. The van der Waals surface area contributed by atoms with Crippen LogP contribution in [0.1, 0.15) is 38.8 Å². The number of hydrogen-bond acceptors (Lipinski definition) is 9. The summed E-state index contributed by atoms with van der Waals surface area (Å²) in [7, 11) is 1.12. The van der Waals surface area contributed by atoms with Crippen molar-refractivity contribution >= 4 is 23.8 Å². The third kappa shape index (κ3) is 4.58. The molecule has 3 aromatic rings. The van der Waals surface area contributed by atoms with E-state index in [9.17, 15) is 18.8 Å². The molecule has 6 rings (SSSR count). The van der Waals surface area contributed by atoms with Gasteiger partial charge < -0.3 is 23.8 Å². The van der Waals surface area contributed by atoms with Gasteiger partial charge in [0, 0.05) is 35.0 Å². The van der Waals surface area contributed by atoms with Gasteiger partial charge in [-0.1, -0.05) is 18.2 Å². The van der Waals surface area contributed by atoms with E-state index in [1.165, 1.54) is 28.7 Å². The normalized spacial score (nSPS) is 19.4. The highest BCUT2D eigenvalue weighted by molar-refractivity contribution is 7.98. The third-order valence-electron chi connectivity index (χ3n) is 7.33. The van der Waals surface area contributed by atoms with Crippen LogP contribution in [0.25, 0.3) is 0 Å². The summed E-state index contributed by atoms with van der Waals surface area (Å²) in [5.41, 5.74) is 1.82. The van der Waals surface area contributed by atoms with Crippen molar-refractivity contribution in [2.75, 3.05) is 38.7 Å². The number of methoxy groups -OCH3 is 1. The lowest BCUT2D eigenvalue weighted by molar-refractivity contribution is -0.0209. The summed E-state index contributed by atoms with van der Waals surface area (Å²) >= 11 is 1.40. The molecule has 2 atom stereocenters. The maximum absolute atomic E-state index is 15.3. The second-order valence-electron chi connectivity index (χ2n) is 9.66. The lowest BCUT2D eigenvalue weighted by Gasteiger charge is -2.51. The zero-order valence-electron chi connectivity index (χ0n) is 22.1. The molecule has 1 saturated heterocycles. The Hall–Kier alpha value is -4.10. The van der Waals surface area contributed by atoms with Crippen molar-refractivity contribution in [3.8, 4) is 5.75 Å². The summed E-state index contributed by atoms with van der Waals surface area (Å²) in [5, 5.41) is 1.83. The number of benzene rings is 2. The molecule has 13 heteroatoms. The molecule has 0 bridgehead atoms. The molecule has 3 aliphatic heterocycles. The highest BCUT2D eigenvalue weighted by Crippen LogP contribution is 2.45. The fourth-order valence-corrected chi connectivity index (χ4v) is 6.67. The Morgan fingerprint density at radius 1 is 1.15 bits per heavy atom. The Bertz CT molecular complexity index is 1610. The zero-order valence-corrected chi connectivity index (χ0v) is 22.9. The summed E-state index contributed by atoms with van der Waals surface area (Å²) in [6.45, 7) is 1.89. The predicted molar refractivity (Wildman–Crippen MR) is 142 cm³/mol. The standard InChI is InChI=1S/C28H25F2N3O7S/c1-15-3-4-17-21(11-15)41-13-18-16(5-6-19(29)23(18)30)24(17)33-22-12-38-10-9-31(22)27(35)25-26(20(34)7-8-32(25)33)39-14-40-28(36)37-2/h3-8,11,22,24H,9-10,12-14H2,1-2H3/t22-,24+/m1/s1. The molecule has 41 heavy (non-hydrogen) atoms. The summed E-state index contributed by atoms with van der Waals surface area (Å²) in [5.74, 6) is -2.50. The molecule has 2 aromatic carbocycles.